The molecule has 0 radical (unpaired) electrons. The Labute approximate surface area is 121 Å². The van der Waals surface area contributed by atoms with Crippen LogP contribution in [-0.2, 0) is 6.42 Å². The molecular weight excluding hydrogens is 307 g/mol. The lowest BCUT2D eigenvalue weighted by Gasteiger charge is -2.13. The fraction of sp³-hybridized carbons (Fsp3) is 0.250. The number of rotatable bonds is 4. The summed E-state index contributed by atoms with van der Waals surface area (Å²) >= 11 is 3.57. The van der Waals surface area contributed by atoms with Crippen molar-refractivity contribution >= 4 is 15.9 Å². The summed E-state index contributed by atoms with van der Waals surface area (Å²) < 4.78 is 19.0. The van der Waals surface area contributed by atoms with Crippen molar-refractivity contribution in [2.75, 3.05) is 7.11 Å². The highest BCUT2D eigenvalue weighted by molar-refractivity contribution is 9.09. The summed E-state index contributed by atoms with van der Waals surface area (Å²) in [6, 6.07) is 13.0. The van der Waals surface area contributed by atoms with Gasteiger partial charge in [-0.3, -0.25) is 0 Å². The minimum Gasteiger partial charge on any atom is -0.497 e. The maximum Gasteiger partial charge on any atom is 0.127 e. The van der Waals surface area contributed by atoms with Gasteiger partial charge < -0.3 is 4.74 Å². The van der Waals surface area contributed by atoms with Gasteiger partial charge >= 0.3 is 0 Å². The predicted octanol–water partition coefficient (Wildman–Crippen LogP) is 4.82. The van der Waals surface area contributed by atoms with Crippen molar-refractivity contribution in [3.05, 3.63) is 65.0 Å². The van der Waals surface area contributed by atoms with E-state index in [0.29, 0.717) is 5.56 Å². The lowest BCUT2D eigenvalue weighted by molar-refractivity contribution is 0.414. The van der Waals surface area contributed by atoms with Gasteiger partial charge in [0.15, 0.2) is 0 Å². The second-order valence-electron chi connectivity index (χ2n) is 4.55. The largest absolute Gasteiger partial charge is 0.497 e. The van der Waals surface area contributed by atoms with Crippen LogP contribution in [0.4, 0.5) is 4.39 Å². The van der Waals surface area contributed by atoms with Crippen LogP contribution in [0.5, 0.6) is 5.75 Å². The van der Waals surface area contributed by atoms with Gasteiger partial charge in [-0.1, -0.05) is 45.8 Å². The molecule has 1 unspecified atom stereocenters. The van der Waals surface area contributed by atoms with Crippen molar-refractivity contribution in [2.45, 2.75) is 18.2 Å². The molecule has 2 rings (SSSR count). The van der Waals surface area contributed by atoms with E-state index in [2.05, 4.69) is 15.9 Å². The minimum atomic E-state index is -0.171. The van der Waals surface area contributed by atoms with E-state index in [0.717, 1.165) is 23.3 Å². The number of ether oxygens (including phenoxy) is 1. The zero-order valence-electron chi connectivity index (χ0n) is 11.0. The van der Waals surface area contributed by atoms with Gasteiger partial charge in [0.1, 0.15) is 11.6 Å². The summed E-state index contributed by atoms with van der Waals surface area (Å²) in [7, 11) is 1.64. The van der Waals surface area contributed by atoms with Gasteiger partial charge in [0.05, 0.1) is 7.11 Å². The van der Waals surface area contributed by atoms with Crippen LogP contribution >= 0.6 is 15.9 Å². The van der Waals surface area contributed by atoms with Crippen LogP contribution in [0.3, 0.4) is 0 Å². The zero-order chi connectivity index (χ0) is 13.8. The van der Waals surface area contributed by atoms with Crippen LogP contribution in [0.15, 0.2) is 42.5 Å². The molecular formula is C16H16BrFO. The summed E-state index contributed by atoms with van der Waals surface area (Å²) in [4.78, 5) is -0.0421. The van der Waals surface area contributed by atoms with E-state index in [4.69, 9.17) is 4.74 Å². The SMILES string of the molecule is COc1cccc(CC(Br)c2cc(C)ccc2F)c1. The molecule has 0 amide bonds. The molecule has 0 spiro atoms. The summed E-state index contributed by atoms with van der Waals surface area (Å²) in [5.74, 6) is 0.650. The van der Waals surface area contributed by atoms with Gasteiger partial charge in [-0.15, -0.1) is 0 Å². The van der Waals surface area contributed by atoms with Gasteiger partial charge in [0.25, 0.3) is 0 Å². The molecule has 19 heavy (non-hydrogen) atoms. The quantitative estimate of drug-likeness (QED) is 0.733. The Kier molecular flexibility index (Phi) is 4.59. The third kappa shape index (κ3) is 3.57. The maximum atomic E-state index is 13.8. The average molecular weight is 323 g/mol. The van der Waals surface area contributed by atoms with E-state index in [1.807, 2.05) is 37.3 Å². The van der Waals surface area contributed by atoms with Crippen molar-refractivity contribution in [1.29, 1.82) is 0 Å². The highest BCUT2D eigenvalue weighted by atomic mass is 79.9. The molecule has 0 aliphatic heterocycles. The molecule has 0 aromatic heterocycles. The molecule has 0 N–H and O–H groups in total. The summed E-state index contributed by atoms with van der Waals surface area (Å²) in [6.45, 7) is 1.97. The van der Waals surface area contributed by atoms with Gasteiger partial charge in [-0.2, -0.15) is 0 Å². The Morgan fingerprint density at radius 3 is 2.74 bits per heavy atom. The van der Waals surface area contributed by atoms with Gasteiger partial charge in [-0.05, 0) is 37.1 Å². The van der Waals surface area contributed by atoms with E-state index in [9.17, 15) is 4.39 Å². The van der Waals surface area contributed by atoms with E-state index >= 15 is 0 Å². The monoisotopic (exact) mass is 322 g/mol. The minimum absolute atomic E-state index is 0.0421. The molecule has 1 atom stereocenters. The van der Waals surface area contributed by atoms with E-state index in [-0.39, 0.29) is 10.6 Å². The van der Waals surface area contributed by atoms with E-state index in [1.54, 1.807) is 13.2 Å². The Hall–Kier alpha value is -1.35. The van der Waals surface area contributed by atoms with Gasteiger partial charge in [0.2, 0.25) is 0 Å². The first-order valence-corrected chi connectivity index (χ1v) is 7.05. The molecule has 2 aromatic carbocycles. The molecule has 100 valence electrons. The molecule has 0 aliphatic carbocycles. The lowest BCUT2D eigenvalue weighted by Crippen LogP contribution is -1.99. The fourth-order valence-electron chi connectivity index (χ4n) is 2.02. The van der Waals surface area contributed by atoms with Crippen LogP contribution in [0.25, 0.3) is 0 Å². The van der Waals surface area contributed by atoms with Crippen LogP contribution in [-0.4, -0.2) is 7.11 Å². The molecule has 0 bridgehead atoms. The molecule has 0 saturated heterocycles. The fourth-order valence-corrected chi connectivity index (χ4v) is 2.74. The Morgan fingerprint density at radius 1 is 1.21 bits per heavy atom. The Bertz CT molecular complexity index is 568. The van der Waals surface area contributed by atoms with Gasteiger partial charge in [-0.25, -0.2) is 4.39 Å². The first kappa shape index (κ1) is 14.1. The number of hydrogen-bond acceptors (Lipinski definition) is 1. The highest BCUT2D eigenvalue weighted by Crippen LogP contribution is 2.30. The second-order valence-corrected chi connectivity index (χ2v) is 5.65. The number of benzene rings is 2. The van der Waals surface area contributed by atoms with Crippen LogP contribution in [0.2, 0.25) is 0 Å². The molecule has 0 aliphatic rings. The zero-order valence-corrected chi connectivity index (χ0v) is 12.6. The standard InChI is InChI=1S/C16H16BrFO/c1-11-6-7-16(18)14(8-11)15(17)10-12-4-3-5-13(9-12)19-2/h3-9,15H,10H2,1-2H3. The first-order chi connectivity index (χ1) is 9.10. The third-order valence-electron chi connectivity index (χ3n) is 3.04. The summed E-state index contributed by atoms with van der Waals surface area (Å²) in [5.41, 5.74) is 2.87. The number of hydrogen-bond donors (Lipinski definition) is 0. The topological polar surface area (TPSA) is 9.23 Å². The maximum absolute atomic E-state index is 13.8. The molecule has 0 saturated carbocycles. The third-order valence-corrected chi connectivity index (χ3v) is 3.86. The predicted molar refractivity (Wildman–Crippen MR) is 79.5 cm³/mol. The number of alkyl halides is 1. The Morgan fingerprint density at radius 2 is 2.00 bits per heavy atom. The molecule has 0 fully saturated rings. The van der Waals surface area contributed by atoms with E-state index < -0.39 is 0 Å². The number of methoxy groups -OCH3 is 1. The normalized spacial score (nSPS) is 12.2. The molecule has 1 nitrogen and oxygen atoms in total. The summed E-state index contributed by atoms with van der Waals surface area (Å²) in [5, 5.41) is 0. The molecule has 2 aromatic rings. The van der Waals surface area contributed by atoms with Crippen molar-refractivity contribution in [3.63, 3.8) is 0 Å². The smallest absolute Gasteiger partial charge is 0.127 e. The van der Waals surface area contributed by atoms with Crippen LogP contribution in [0.1, 0.15) is 21.5 Å². The average Bonchev–Trinajstić information content (AvgIpc) is 2.41. The van der Waals surface area contributed by atoms with Gasteiger partial charge in [0, 0.05) is 10.4 Å². The Balaban J connectivity index is 2.20. The van der Waals surface area contributed by atoms with Crippen molar-refractivity contribution in [2.24, 2.45) is 0 Å². The number of halogens is 2. The van der Waals surface area contributed by atoms with Crippen molar-refractivity contribution in [3.8, 4) is 5.75 Å². The molecule has 0 heterocycles. The highest BCUT2D eigenvalue weighted by Gasteiger charge is 2.13. The van der Waals surface area contributed by atoms with Crippen LogP contribution in [0, 0.1) is 12.7 Å². The van der Waals surface area contributed by atoms with E-state index in [1.165, 1.54) is 6.07 Å². The van der Waals surface area contributed by atoms with Crippen molar-refractivity contribution < 1.29 is 9.13 Å². The van der Waals surface area contributed by atoms with Crippen molar-refractivity contribution in [1.82, 2.24) is 0 Å². The lowest BCUT2D eigenvalue weighted by atomic mass is 10.0. The number of aryl methyl sites for hydroxylation is 1. The summed E-state index contributed by atoms with van der Waals surface area (Å²) in [6.07, 6.45) is 0.720. The first-order valence-electron chi connectivity index (χ1n) is 6.13. The molecule has 3 heteroatoms. The van der Waals surface area contributed by atoms with Crippen LogP contribution < -0.4 is 4.74 Å². The second kappa shape index (κ2) is 6.20.